The number of rotatable bonds is 4. The Hall–Kier alpha value is -2.11. The number of hydrogen-bond donors (Lipinski definition) is 1. The third-order valence-electron chi connectivity index (χ3n) is 4.62. The molecule has 1 aliphatic heterocycles. The number of carboxylic acid groups (broad SMARTS) is 1. The van der Waals surface area contributed by atoms with Gasteiger partial charge < -0.3 is 14.7 Å². The molecular formula is C17H22N2O4. The quantitative estimate of drug-likeness (QED) is 0.922. The molecule has 6 heteroatoms. The van der Waals surface area contributed by atoms with Crippen molar-refractivity contribution in [1.82, 2.24) is 9.88 Å². The van der Waals surface area contributed by atoms with Crippen LogP contribution in [0.2, 0.25) is 0 Å². The number of carbonyl (C=O) groups excluding carboxylic acids is 1. The predicted octanol–water partition coefficient (Wildman–Crippen LogP) is 2.48. The maximum absolute atomic E-state index is 12.6. The van der Waals surface area contributed by atoms with Crippen molar-refractivity contribution in [1.29, 1.82) is 0 Å². The molecule has 0 aromatic carbocycles. The summed E-state index contributed by atoms with van der Waals surface area (Å²) in [7, 11) is 0. The summed E-state index contributed by atoms with van der Waals surface area (Å²) >= 11 is 0. The Kier molecular flexibility index (Phi) is 4.79. The second-order valence-electron chi connectivity index (χ2n) is 6.26. The van der Waals surface area contributed by atoms with Crippen molar-refractivity contribution in [2.24, 2.45) is 0 Å². The van der Waals surface area contributed by atoms with Crippen molar-refractivity contribution in [3.05, 3.63) is 23.9 Å². The summed E-state index contributed by atoms with van der Waals surface area (Å²) in [6, 6.07) is 2.53. The van der Waals surface area contributed by atoms with Crippen LogP contribution >= 0.6 is 0 Å². The van der Waals surface area contributed by atoms with Crippen molar-refractivity contribution < 1.29 is 19.4 Å². The Morgan fingerprint density at radius 2 is 1.96 bits per heavy atom. The Labute approximate surface area is 135 Å². The number of aliphatic carboxylic acids is 1. The fourth-order valence-corrected chi connectivity index (χ4v) is 3.39. The van der Waals surface area contributed by atoms with Crippen LogP contribution in [0.25, 0.3) is 0 Å². The average molecular weight is 318 g/mol. The van der Waals surface area contributed by atoms with Crippen molar-refractivity contribution in [3.8, 4) is 5.88 Å². The molecule has 2 fully saturated rings. The summed E-state index contributed by atoms with van der Waals surface area (Å²) in [5.74, 6) is -0.747. The first-order valence-corrected chi connectivity index (χ1v) is 8.31. The molecule has 3 rings (SSSR count). The number of nitrogens with zero attached hydrogens (tertiary/aromatic N) is 2. The highest BCUT2D eigenvalue weighted by molar-refractivity contribution is 5.97. The molecular weight excluding hydrogens is 296 g/mol. The maximum Gasteiger partial charge on any atom is 0.326 e. The first kappa shape index (κ1) is 15.8. The molecule has 1 saturated heterocycles. The van der Waals surface area contributed by atoms with Gasteiger partial charge in [-0.1, -0.05) is 6.42 Å². The molecule has 0 radical (unpaired) electrons. The maximum atomic E-state index is 12.6. The van der Waals surface area contributed by atoms with Gasteiger partial charge in [-0.3, -0.25) is 4.79 Å². The zero-order chi connectivity index (χ0) is 16.2. The summed E-state index contributed by atoms with van der Waals surface area (Å²) in [5, 5.41) is 9.22. The van der Waals surface area contributed by atoms with E-state index in [4.69, 9.17) is 4.74 Å². The first-order valence-electron chi connectivity index (χ1n) is 8.31. The van der Waals surface area contributed by atoms with E-state index in [1.54, 1.807) is 18.3 Å². The Morgan fingerprint density at radius 3 is 2.70 bits per heavy atom. The number of carboxylic acids is 1. The van der Waals surface area contributed by atoms with E-state index in [1.807, 2.05) is 0 Å². The lowest BCUT2D eigenvalue weighted by Crippen LogP contribution is -2.40. The van der Waals surface area contributed by atoms with Gasteiger partial charge in [-0.25, -0.2) is 9.78 Å². The number of pyridine rings is 1. The molecule has 1 aliphatic carbocycles. The minimum atomic E-state index is -0.941. The highest BCUT2D eigenvalue weighted by Crippen LogP contribution is 2.24. The van der Waals surface area contributed by atoms with Gasteiger partial charge in [0.2, 0.25) is 5.88 Å². The van der Waals surface area contributed by atoms with Gasteiger partial charge in [0.1, 0.15) is 12.1 Å². The normalized spacial score (nSPS) is 22.1. The third kappa shape index (κ3) is 3.63. The van der Waals surface area contributed by atoms with Crippen LogP contribution in [-0.2, 0) is 4.79 Å². The molecule has 0 bridgehead atoms. The molecule has 0 unspecified atom stereocenters. The van der Waals surface area contributed by atoms with Gasteiger partial charge in [0.15, 0.2) is 0 Å². The molecule has 1 aromatic heterocycles. The van der Waals surface area contributed by atoms with E-state index >= 15 is 0 Å². The molecule has 6 nitrogen and oxygen atoms in total. The SMILES string of the molecule is O=C(O)[C@@H]1CCCN1C(=O)c1ccnc(OC2CCCCC2)c1. The monoisotopic (exact) mass is 318 g/mol. The van der Waals surface area contributed by atoms with Gasteiger partial charge in [0.05, 0.1) is 0 Å². The molecule has 2 aliphatic rings. The van der Waals surface area contributed by atoms with E-state index in [-0.39, 0.29) is 12.0 Å². The zero-order valence-corrected chi connectivity index (χ0v) is 13.1. The highest BCUT2D eigenvalue weighted by atomic mass is 16.5. The van der Waals surface area contributed by atoms with Gasteiger partial charge in [-0.15, -0.1) is 0 Å². The van der Waals surface area contributed by atoms with Crippen LogP contribution < -0.4 is 4.74 Å². The number of aromatic nitrogens is 1. The van der Waals surface area contributed by atoms with Crippen LogP contribution in [0, 0.1) is 0 Å². The van der Waals surface area contributed by atoms with E-state index in [2.05, 4.69) is 4.98 Å². The summed E-state index contributed by atoms with van der Waals surface area (Å²) in [6.45, 7) is 0.483. The largest absolute Gasteiger partial charge is 0.480 e. The second-order valence-corrected chi connectivity index (χ2v) is 6.26. The molecule has 0 spiro atoms. The molecule has 1 amide bonds. The minimum absolute atomic E-state index is 0.167. The van der Waals surface area contributed by atoms with Crippen LogP contribution in [-0.4, -0.2) is 45.6 Å². The summed E-state index contributed by atoms with van der Waals surface area (Å²) in [4.78, 5) is 29.5. The predicted molar refractivity (Wildman–Crippen MR) is 83.4 cm³/mol. The van der Waals surface area contributed by atoms with E-state index in [0.717, 1.165) is 32.1 Å². The smallest absolute Gasteiger partial charge is 0.326 e. The van der Waals surface area contributed by atoms with Crippen molar-refractivity contribution in [2.75, 3.05) is 6.54 Å². The average Bonchev–Trinajstić information content (AvgIpc) is 3.05. The van der Waals surface area contributed by atoms with Gasteiger partial charge in [0, 0.05) is 24.4 Å². The van der Waals surface area contributed by atoms with Gasteiger partial charge in [-0.05, 0) is 44.6 Å². The second kappa shape index (κ2) is 6.98. The Balaban J connectivity index is 1.71. The van der Waals surface area contributed by atoms with Crippen LogP contribution in [0.3, 0.4) is 0 Å². The van der Waals surface area contributed by atoms with E-state index in [9.17, 15) is 14.7 Å². The van der Waals surface area contributed by atoms with E-state index in [0.29, 0.717) is 24.4 Å². The molecule has 1 saturated carbocycles. The van der Waals surface area contributed by atoms with Gasteiger partial charge in [-0.2, -0.15) is 0 Å². The van der Waals surface area contributed by atoms with Gasteiger partial charge >= 0.3 is 5.97 Å². The van der Waals surface area contributed by atoms with Crippen molar-refractivity contribution in [3.63, 3.8) is 0 Å². The topological polar surface area (TPSA) is 79.7 Å². The lowest BCUT2D eigenvalue weighted by atomic mass is 9.98. The van der Waals surface area contributed by atoms with E-state index in [1.165, 1.54) is 11.3 Å². The number of hydrogen-bond acceptors (Lipinski definition) is 4. The summed E-state index contributed by atoms with van der Waals surface area (Å²) in [5.41, 5.74) is 0.443. The Bertz CT molecular complexity index is 584. The number of amides is 1. The first-order chi connectivity index (χ1) is 11.1. The lowest BCUT2D eigenvalue weighted by molar-refractivity contribution is -0.141. The highest BCUT2D eigenvalue weighted by Gasteiger charge is 2.34. The molecule has 1 atom stereocenters. The van der Waals surface area contributed by atoms with Crippen LogP contribution in [0.4, 0.5) is 0 Å². The lowest BCUT2D eigenvalue weighted by Gasteiger charge is -2.23. The van der Waals surface area contributed by atoms with E-state index < -0.39 is 12.0 Å². The number of likely N-dealkylation sites (tertiary alicyclic amines) is 1. The van der Waals surface area contributed by atoms with Crippen molar-refractivity contribution in [2.45, 2.75) is 57.1 Å². The summed E-state index contributed by atoms with van der Waals surface area (Å²) in [6.07, 6.45) is 8.57. The number of ether oxygens (including phenoxy) is 1. The Morgan fingerprint density at radius 1 is 1.17 bits per heavy atom. The van der Waals surface area contributed by atoms with Crippen LogP contribution in [0.1, 0.15) is 55.3 Å². The fraction of sp³-hybridized carbons (Fsp3) is 0.588. The fourth-order valence-electron chi connectivity index (χ4n) is 3.39. The van der Waals surface area contributed by atoms with Crippen molar-refractivity contribution >= 4 is 11.9 Å². The zero-order valence-electron chi connectivity index (χ0n) is 13.1. The molecule has 2 heterocycles. The summed E-state index contributed by atoms with van der Waals surface area (Å²) < 4.78 is 5.88. The number of carbonyl (C=O) groups is 2. The van der Waals surface area contributed by atoms with Crippen LogP contribution in [0.5, 0.6) is 5.88 Å². The molecule has 1 N–H and O–H groups in total. The molecule has 1 aromatic rings. The van der Waals surface area contributed by atoms with Gasteiger partial charge in [0.25, 0.3) is 5.91 Å². The molecule has 124 valence electrons. The standard InChI is InChI=1S/C17H22N2O4/c20-16(19-10-4-7-14(19)17(21)22)12-8-9-18-15(11-12)23-13-5-2-1-3-6-13/h8-9,11,13-14H,1-7,10H2,(H,21,22)/t14-/m0/s1. The molecule has 23 heavy (non-hydrogen) atoms. The van der Waals surface area contributed by atoms with Crippen LogP contribution in [0.15, 0.2) is 18.3 Å². The third-order valence-corrected chi connectivity index (χ3v) is 4.62. The minimum Gasteiger partial charge on any atom is -0.480 e.